The van der Waals surface area contributed by atoms with E-state index in [-0.39, 0.29) is 11.4 Å². The number of aryl methyl sites for hydroxylation is 1. The van der Waals surface area contributed by atoms with Crippen LogP contribution in [0.25, 0.3) is 0 Å². The SMILES string of the molecule is COc1cccc(N(Cc2ccc(F)cc2)S(=O)(=O)c2cc(F)ccc2C)c1. The molecular weight excluding hydrogens is 384 g/mol. The first-order chi connectivity index (χ1) is 13.3. The molecular formula is C21H19F2NO3S. The van der Waals surface area contributed by atoms with Crippen LogP contribution < -0.4 is 9.04 Å². The molecule has 3 rings (SSSR count). The Morgan fingerprint density at radius 3 is 2.29 bits per heavy atom. The van der Waals surface area contributed by atoms with Crippen LogP contribution >= 0.6 is 0 Å². The third-order valence-corrected chi connectivity index (χ3v) is 6.21. The quantitative estimate of drug-likeness (QED) is 0.601. The van der Waals surface area contributed by atoms with Gasteiger partial charge in [-0.3, -0.25) is 4.31 Å². The van der Waals surface area contributed by atoms with Crippen molar-refractivity contribution in [3.8, 4) is 5.75 Å². The predicted molar refractivity (Wildman–Crippen MR) is 104 cm³/mol. The van der Waals surface area contributed by atoms with Crippen LogP contribution in [0, 0.1) is 18.6 Å². The van der Waals surface area contributed by atoms with Gasteiger partial charge in [0.05, 0.1) is 24.2 Å². The molecule has 0 atom stereocenters. The van der Waals surface area contributed by atoms with Gasteiger partial charge in [0.2, 0.25) is 0 Å². The average molecular weight is 403 g/mol. The van der Waals surface area contributed by atoms with E-state index in [2.05, 4.69) is 0 Å². The average Bonchev–Trinajstić information content (AvgIpc) is 2.69. The van der Waals surface area contributed by atoms with E-state index in [1.807, 2.05) is 0 Å². The first-order valence-corrected chi connectivity index (χ1v) is 9.92. The fourth-order valence-electron chi connectivity index (χ4n) is 2.81. The van der Waals surface area contributed by atoms with Crippen molar-refractivity contribution in [3.63, 3.8) is 0 Å². The molecule has 3 aromatic rings. The monoisotopic (exact) mass is 403 g/mol. The maximum atomic E-state index is 13.8. The molecule has 0 aliphatic heterocycles. The van der Waals surface area contributed by atoms with Crippen LogP contribution in [0.4, 0.5) is 14.5 Å². The molecule has 0 unspecified atom stereocenters. The fourth-order valence-corrected chi connectivity index (χ4v) is 4.49. The summed E-state index contributed by atoms with van der Waals surface area (Å²) in [5.41, 5.74) is 1.36. The van der Waals surface area contributed by atoms with E-state index in [0.29, 0.717) is 22.6 Å². The lowest BCUT2D eigenvalue weighted by Gasteiger charge is -2.26. The van der Waals surface area contributed by atoms with Crippen molar-refractivity contribution in [1.82, 2.24) is 0 Å². The van der Waals surface area contributed by atoms with E-state index in [9.17, 15) is 17.2 Å². The van der Waals surface area contributed by atoms with Crippen molar-refractivity contribution in [2.24, 2.45) is 0 Å². The third-order valence-electron chi connectivity index (χ3n) is 4.30. The minimum absolute atomic E-state index is 0.0499. The maximum Gasteiger partial charge on any atom is 0.264 e. The molecule has 0 saturated carbocycles. The van der Waals surface area contributed by atoms with Crippen LogP contribution in [0.2, 0.25) is 0 Å². The van der Waals surface area contributed by atoms with E-state index in [4.69, 9.17) is 4.74 Å². The van der Waals surface area contributed by atoms with Crippen LogP contribution in [0.3, 0.4) is 0 Å². The molecule has 0 radical (unpaired) electrons. The number of hydrogen-bond donors (Lipinski definition) is 0. The predicted octanol–water partition coefficient (Wildman–Crippen LogP) is 4.68. The first-order valence-electron chi connectivity index (χ1n) is 8.48. The zero-order valence-electron chi connectivity index (χ0n) is 15.4. The maximum absolute atomic E-state index is 13.8. The highest BCUT2D eigenvalue weighted by molar-refractivity contribution is 7.92. The van der Waals surface area contributed by atoms with Crippen LogP contribution in [0.1, 0.15) is 11.1 Å². The molecule has 28 heavy (non-hydrogen) atoms. The standard InChI is InChI=1S/C21H19F2NO3S/c1-15-6-9-18(23)12-21(15)28(25,26)24(14-16-7-10-17(22)11-8-16)19-4-3-5-20(13-19)27-2/h3-13H,14H2,1-2H3. The second-order valence-electron chi connectivity index (χ2n) is 6.25. The van der Waals surface area contributed by atoms with Gasteiger partial charge in [0.25, 0.3) is 10.0 Å². The molecule has 0 aliphatic rings. The number of anilines is 1. The number of nitrogens with zero attached hydrogens (tertiary/aromatic N) is 1. The van der Waals surface area contributed by atoms with E-state index < -0.39 is 21.7 Å². The van der Waals surface area contributed by atoms with E-state index in [1.54, 1.807) is 31.2 Å². The summed E-state index contributed by atoms with van der Waals surface area (Å²) in [7, 11) is -2.62. The van der Waals surface area contributed by atoms with Crippen molar-refractivity contribution in [2.45, 2.75) is 18.4 Å². The van der Waals surface area contributed by atoms with Crippen molar-refractivity contribution < 1.29 is 21.9 Å². The molecule has 0 fully saturated rings. The van der Waals surface area contributed by atoms with Gasteiger partial charge in [0.1, 0.15) is 17.4 Å². The molecule has 3 aromatic carbocycles. The zero-order chi connectivity index (χ0) is 20.3. The van der Waals surface area contributed by atoms with Crippen molar-refractivity contribution in [2.75, 3.05) is 11.4 Å². The number of hydrogen-bond acceptors (Lipinski definition) is 3. The van der Waals surface area contributed by atoms with E-state index in [1.165, 1.54) is 43.5 Å². The Morgan fingerprint density at radius 2 is 1.61 bits per heavy atom. The molecule has 7 heteroatoms. The van der Waals surface area contributed by atoms with Gasteiger partial charge in [-0.05, 0) is 54.4 Å². The molecule has 0 N–H and O–H groups in total. The summed E-state index contributed by atoms with van der Waals surface area (Å²) in [6.07, 6.45) is 0. The van der Waals surface area contributed by atoms with Crippen LogP contribution in [0.15, 0.2) is 71.6 Å². The van der Waals surface area contributed by atoms with Gasteiger partial charge in [-0.2, -0.15) is 0 Å². The molecule has 0 saturated heterocycles. The summed E-state index contributed by atoms with van der Waals surface area (Å²) in [5, 5.41) is 0. The Hall–Kier alpha value is -2.93. The van der Waals surface area contributed by atoms with Gasteiger partial charge >= 0.3 is 0 Å². The normalized spacial score (nSPS) is 11.3. The van der Waals surface area contributed by atoms with Crippen LogP contribution in [-0.2, 0) is 16.6 Å². The summed E-state index contributed by atoms with van der Waals surface area (Å²) in [6, 6.07) is 15.7. The second-order valence-corrected chi connectivity index (χ2v) is 8.08. The zero-order valence-corrected chi connectivity index (χ0v) is 16.2. The number of halogens is 2. The topological polar surface area (TPSA) is 46.6 Å². The Labute approximate surface area is 163 Å². The van der Waals surface area contributed by atoms with Gasteiger partial charge < -0.3 is 4.74 Å². The second kappa shape index (κ2) is 7.98. The van der Waals surface area contributed by atoms with E-state index in [0.717, 1.165) is 10.4 Å². The van der Waals surface area contributed by atoms with Crippen LogP contribution in [0.5, 0.6) is 5.75 Å². The highest BCUT2D eigenvalue weighted by Crippen LogP contribution is 2.30. The number of benzene rings is 3. The fraction of sp³-hybridized carbons (Fsp3) is 0.143. The Kier molecular flexibility index (Phi) is 5.65. The minimum Gasteiger partial charge on any atom is -0.497 e. The van der Waals surface area contributed by atoms with Gasteiger partial charge in [-0.1, -0.05) is 24.3 Å². The highest BCUT2D eigenvalue weighted by atomic mass is 32.2. The molecule has 0 bridgehead atoms. The van der Waals surface area contributed by atoms with Gasteiger partial charge in [0.15, 0.2) is 0 Å². The first kappa shape index (κ1) is 19.8. The molecule has 0 aliphatic carbocycles. The van der Waals surface area contributed by atoms with Crippen molar-refractivity contribution >= 4 is 15.7 Å². The lowest BCUT2D eigenvalue weighted by atomic mass is 10.2. The number of ether oxygens (including phenoxy) is 1. The molecule has 4 nitrogen and oxygen atoms in total. The summed E-state index contributed by atoms with van der Waals surface area (Å²) in [6.45, 7) is 1.56. The summed E-state index contributed by atoms with van der Waals surface area (Å²) >= 11 is 0. The van der Waals surface area contributed by atoms with E-state index >= 15 is 0 Å². The lowest BCUT2D eigenvalue weighted by molar-refractivity contribution is 0.415. The Morgan fingerprint density at radius 1 is 0.929 bits per heavy atom. The number of rotatable bonds is 6. The highest BCUT2D eigenvalue weighted by Gasteiger charge is 2.27. The van der Waals surface area contributed by atoms with Gasteiger partial charge in [-0.25, -0.2) is 17.2 Å². The van der Waals surface area contributed by atoms with Gasteiger partial charge in [-0.15, -0.1) is 0 Å². The van der Waals surface area contributed by atoms with Crippen molar-refractivity contribution in [3.05, 3.63) is 89.5 Å². The molecule has 0 amide bonds. The molecule has 0 aromatic heterocycles. The minimum atomic E-state index is -4.10. The molecule has 0 heterocycles. The largest absolute Gasteiger partial charge is 0.497 e. The Balaban J connectivity index is 2.14. The molecule has 146 valence electrons. The summed E-state index contributed by atoms with van der Waals surface area (Å²) < 4.78 is 60.2. The summed E-state index contributed by atoms with van der Waals surface area (Å²) in [4.78, 5) is -0.127. The number of methoxy groups -OCH3 is 1. The third kappa shape index (κ3) is 4.14. The van der Waals surface area contributed by atoms with Crippen LogP contribution in [-0.4, -0.2) is 15.5 Å². The van der Waals surface area contributed by atoms with Crippen molar-refractivity contribution in [1.29, 1.82) is 0 Å². The Bertz CT molecular complexity index is 1080. The smallest absolute Gasteiger partial charge is 0.264 e. The lowest BCUT2D eigenvalue weighted by Crippen LogP contribution is -2.31. The number of sulfonamides is 1. The molecule has 0 spiro atoms. The summed E-state index contributed by atoms with van der Waals surface area (Å²) in [5.74, 6) is -0.579. The van der Waals surface area contributed by atoms with Gasteiger partial charge in [0, 0.05) is 6.07 Å².